The van der Waals surface area contributed by atoms with Crippen molar-refractivity contribution in [1.29, 1.82) is 0 Å². The van der Waals surface area contributed by atoms with Crippen molar-refractivity contribution in [3.05, 3.63) is 30.3 Å². The van der Waals surface area contributed by atoms with Gasteiger partial charge in [-0.3, -0.25) is 4.90 Å². The lowest BCUT2D eigenvalue weighted by atomic mass is 10.2. The Morgan fingerprint density at radius 2 is 2.05 bits per heavy atom. The summed E-state index contributed by atoms with van der Waals surface area (Å²) >= 11 is 0. The Hall–Kier alpha value is -1.81. The third-order valence-corrected chi connectivity index (χ3v) is 4.51. The molecule has 2 aromatic rings. The minimum atomic E-state index is 0.633. The highest BCUT2D eigenvalue weighted by Gasteiger charge is 2.41. The second-order valence-electron chi connectivity index (χ2n) is 5.76. The van der Waals surface area contributed by atoms with Gasteiger partial charge < -0.3 is 10.6 Å². The molecule has 0 aliphatic carbocycles. The van der Waals surface area contributed by atoms with Gasteiger partial charge in [0.25, 0.3) is 0 Å². The van der Waals surface area contributed by atoms with Crippen molar-refractivity contribution in [2.75, 3.05) is 30.8 Å². The van der Waals surface area contributed by atoms with Gasteiger partial charge in [0.1, 0.15) is 5.82 Å². The summed E-state index contributed by atoms with van der Waals surface area (Å²) in [4.78, 5) is 9.71. The van der Waals surface area contributed by atoms with Crippen LogP contribution in [0.15, 0.2) is 30.3 Å². The first-order valence-electron chi connectivity index (χ1n) is 6.84. The van der Waals surface area contributed by atoms with Crippen LogP contribution in [0.25, 0.3) is 10.9 Å². The highest BCUT2D eigenvalue weighted by atomic mass is 15.4. The number of anilines is 2. The number of rotatable bonds is 1. The fourth-order valence-corrected chi connectivity index (χ4v) is 3.44. The normalized spacial score (nSPS) is 26.5. The molecule has 2 unspecified atom stereocenters. The zero-order valence-corrected chi connectivity index (χ0v) is 11.1. The van der Waals surface area contributed by atoms with Crippen molar-refractivity contribution in [1.82, 2.24) is 9.88 Å². The maximum atomic E-state index is 5.81. The molecular formula is C15H18N4. The van der Waals surface area contributed by atoms with Crippen molar-refractivity contribution >= 4 is 22.4 Å². The molecule has 1 aromatic carbocycles. The molecule has 2 atom stereocenters. The quantitative estimate of drug-likeness (QED) is 0.787. The Bertz CT molecular complexity index is 637. The fraction of sp³-hybridized carbons (Fsp3) is 0.400. The summed E-state index contributed by atoms with van der Waals surface area (Å²) in [6.45, 7) is 2.26. The third kappa shape index (κ3) is 1.67. The lowest BCUT2D eigenvalue weighted by molar-refractivity contribution is 0.292. The van der Waals surface area contributed by atoms with E-state index in [0.29, 0.717) is 12.1 Å². The van der Waals surface area contributed by atoms with Crippen LogP contribution in [-0.4, -0.2) is 42.1 Å². The highest BCUT2D eigenvalue weighted by molar-refractivity contribution is 5.83. The van der Waals surface area contributed by atoms with Crippen LogP contribution in [0, 0.1) is 0 Å². The number of hydrogen-bond donors (Lipinski definition) is 1. The standard InChI is InChI=1S/C15H18N4/c1-18-8-13-7-12(18)9-19(13)15-5-2-10-6-11(16)3-4-14(10)17-15/h2-6,12-13H,7-9,16H2,1H3. The zero-order valence-electron chi connectivity index (χ0n) is 11.1. The number of benzene rings is 1. The summed E-state index contributed by atoms with van der Waals surface area (Å²) < 4.78 is 0. The number of likely N-dealkylation sites (N-methyl/N-ethyl adjacent to an activating group) is 1. The number of nitrogens with zero attached hydrogens (tertiary/aromatic N) is 3. The van der Waals surface area contributed by atoms with E-state index in [4.69, 9.17) is 10.7 Å². The number of fused-ring (bicyclic) bond motifs is 3. The van der Waals surface area contributed by atoms with Crippen molar-refractivity contribution in [2.24, 2.45) is 0 Å². The first kappa shape index (κ1) is 11.1. The topological polar surface area (TPSA) is 45.4 Å². The van der Waals surface area contributed by atoms with Gasteiger partial charge in [-0.25, -0.2) is 4.98 Å². The van der Waals surface area contributed by atoms with Crippen LogP contribution < -0.4 is 10.6 Å². The van der Waals surface area contributed by atoms with Gasteiger partial charge >= 0.3 is 0 Å². The van der Waals surface area contributed by atoms with Crippen LogP contribution >= 0.6 is 0 Å². The lowest BCUT2D eigenvalue weighted by Crippen LogP contribution is -2.44. The van der Waals surface area contributed by atoms with E-state index in [0.717, 1.165) is 35.5 Å². The molecule has 4 nitrogen and oxygen atoms in total. The Kier molecular flexibility index (Phi) is 2.23. The molecule has 4 heteroatoms. The molecule has 3 heterocycles. The first-order chi connectivity index (χ1) is 9.20. The molecule has 98 valence electrons. The summed E-state index contributed by atoms with van der Waals surface area (Å²) in [7, 11) is 2.22. The molecule has 4 rings (SSSR count). The van der Waals surface area contributed by atoms with Gasteiger partial charge in [0.2, 0.25) is 0 Å². The van der Waals surface area contributed by atoms with Gasteiger partial charge in [0, 0.05) is 36.2 Å². The van der Waals surface area contributed by atoms with Gasteiger partial charge in [-0.1, -0.05) is 0 Å². The van der Waals surface area contributed by atoms with E-state index in [2.05, 4.69) is 29.0 Å². The van der Waals surface area contributed by atoms with E-state index in [1.807, 2.05) is 18.2 Å². The van der Waals surface area contributed by atoms with E-state index in [9.17, 15) is 0 Å². The van der Waals surface area contributed by atoms with Gasteiger partial charge in [0.05, 0.1) is 5.52 Å². The molecule has 2 N–H and O–H groups in total. The Morgan fingerprint density at radius 1 is 1.16 bits per heavy atom. The zero-order chi connectivity index (χ0) is 13.0. The summed E-state index contributed by atoms with van der Waals surface area (Å²) in [5, 5.41) is 1.12. The SMILES string of the molecule is CN1CC2CC1CN2c1ccc2cc(N)ccc2n1. The number of nitrogens with two attached hydrogens (primary N) is 1. The highest BCUT2D eigenvalue weighted by Crippen LogP contribution is 2.33. The number of likely N-dealkylation sites (tertiary alicyclic amines) is 1. The monoisotopic (exact) mass is 254 g/mol. The van der Waals surface area contributed by atoms with E-state index in [-0.39, 0.29) is 0 Å². The number of nitrogen functional groups attached to an aromatic ring is 1. The average molecular weight is 254 g/mol. The number of piperazine rings is 1. The molecule has 1 aromatic heterocycles. The molecule has 2 aliphatic rings. The number of pyridine rings is 1. The van der Waals surface area contributed by atoms with E-state index < -0.39 is 0 Å². The van der Waals surface area contributed by atoms with Crippen LogP contribution in [0.4, 0.5) is 11.5 Å². The lowest BCUT2D eigenvalue weighted by Gasteiger charge is -2.32. The molecule has 19 heavy (non-hydrogen) atoms. The summed E-state index contributed by atoms with van der Waals surface area (Å²) in [6, 6.07) is 11.5. The summed E-state index contributed by atoms with van der Waals surface area (Å²) in [5.41, 5.74) is 7.63. The maximum absolute atomic E-state index is 5.81. The minimum absolute atomic E-state index is 0.633. The molecule has 0 spiro atoms. The predicted molar refractivity (Wildman–Crippen MR) is 78.3 cm³/mol. The minimum Gasteiger partial charge on any atom is -0.399 e. The largest absolute Gasteiger partial charge is 0.399 e. The Labute approximate surface area is 112 Å². The van der Waals surface area contributed by atoms with E-state index in [1.54, 1.807) is 0 Å². The van der Waals surface area contributed by atoms with E-state index >= 15 is 0 Å². The maximum Gasteiger partial charge on any atom is 0.129 e. The fourth-order valence-electron chi connectivity index (χ4n) is 3.44. The first-order valence-corrected chi connectivity index (χ1v) is 6.84. The molecular weight excluding hydrogens is 236 g/mol. The van der Waals surface area contributed by atoms with Crippen molar-refractivity contribution in [3.8, 4) is 0 Å². The molecule has 0 amide bonds. The van der Waals surface area contributed by atoms with Crippen LogP contribution in [0.2, 0.25) is 0 Å². The van der Waals surface area contributed by atoms with Gasteiger partial charge in [-0.05, 0) is 43.8 Å². The van der Waals surface area contributed by atoms with Crippen LogP contribution in [0.1, 0.15) is 6.42 Å². The average Bonchev–Trinajstić information content (AvgIpc) is 2.97. The summed E-state index contributed by atoms with van der Waals surface area (Å²) in [6.07, 6.45) is 1.28. The Balaban J connectivity index is 1.71. The second-order valence-corrected chi connectivity index (χ2v) is 5.76. The molecule has 2 aliphatic heterocycles. The van der Waals surface area contributed by atoms with Gasteiger partial charge in [-0.15, -0.1) is 0 Å². The predicted octanol–water partition coefficient (Wildman–Crippen LogP) is 1.71. The molecule has 2 bridgehead atoms. The molecule has 0 saturated carbocycles. The third-order valence-electron chi connectivity index (χ3n) is 4.51. The van der Waals surface area contributed by atoms with Crippen molar-refractivity contribution < 1.29 is 0 Å². The van der Waals surface area contributed by atoms with Crippen molar-refractivity contribution in [3.63, 3.8) is 0 Å². The van der Waals surface area contributed by atoms with Gasteiger partial charge in [0.15, 0.2) is 0 Å². The number of hydrogen-bond acceptors (Lipinski definition) is 4. The molecule has 2 fully saturated rings. The van der Waals surface area contributed by atoms with Crippen LogP contribution in [0.3, 0.4) is 0 Å². The Morgan fingerprint density at radius 3 is 2.79 bits per heavy atom. The molecule has 0 radical (unpaired) electrons. The molecule has 2 saturated heterocycles. The van der Waals surface area contributed by atoms with Crippen molar-refractivity contribution in [2.45, 2.75) is 18.5 Å². The van der Waals surface area contributed by atoms with Crippen LogP contribution in [-0.2, 0) is 0 Å². The van der Waals surface area contributed by atoms with Gasteiger partial charge in [-0.2, -0.15) is 0 Å². The number of aromatic nitrogens is 1. The summed E-state index contributed by atoms with van der Waals surface area (Å²) in [5.74, 6) is 1.11. The van der Waals surface area contributed by atoms with Crippen LogP contribution in [0.5, 0.6) is 0 Å². The smallest absolute Gasteiger partial charge is 0.129 e. The van der Waals surface area contributed by atoms with E-state index in [1.165, 1.54) is 6.42 Å². The second kappa shape index (κ2) is 3.84.